The van der Waals surface area contributed by atoms with Crippen LogP contribution in [0.1, 0.15) is 0 Å². The summed E-state index contributed by atoms with van der Waals surface area (Å²) in [5.74, 6) is 1.85. The molecule has 3 heterocycles. The maximum absolute atomic E-state index is 6.53. The summed E-state index contributed by atoms with van der Waals surface area (Å²) in [4.78, 5) is 15.3. The molecule has 5 nitrogen and oxygen atoms in total. The number of fused-ring (bicyclic) bond motifs is 6. The van der Waals surface area contributed by atoms with Crippen LogP contribution in [-0.4, -0.2) is 19.5 Å². The lowest BCUT2D eigenvalue weighted by atomic mass is 9.95. The zero-order valence-electron chi connectivity index (χ0n) is 33.5. The van der Waals surface area contributed by atoms with E-state index in [9.17, 15) is 0 Å². The molecule has 3 aromatic heterocycles. The van der Waals surface area contributed by atoms with Crippen molar-refractivity contribution in [2.45, 2.75) is 0 Å². The fourth-order valence-electron chi connectivity index (χ4n) is 8.86. The van der Waals surface area contributed by atoms with Gasteiger partial charge in [0.15, 0.2) is 17.5 Å². The highest BCUT2D eigenvalue weighted by Crippen LogP contribution is 2.41. The van der Waals surface area contributed by atoms with Gasteiger partial charge < -0.3 is 8.98 Å². The Morgan fingerprint density at radius 2 is 0.855 bits per heavy atom. The Morgan fingerprint density at radius 3 is 1.61 bits per heavy atom. The van der Waals surface area contributed by atoms with Gasteiger partial charge in [0.1, 0.15) is 11.2 Å². The van der Waals surface area contributed by atoms with Gasteiger partial charge >= 0.3 is 0 Å². The summed E-state index contributed by atoms with van der Waals surface area (Å²) < 4.78 is 8.90. The predicted molar refractivity (Wildman–Crippen MR) is 254 cm³/mol. The van der Waals surface area contributed by atoms with Crippen LogP contribution in [-0.2, 0) is 0 Å². The molecular weight excluding hydrogens is 757 g/mol. The summed E-state index contributed by atoms with van der Waals surface area (Å²) in [7, 11) is 0. The van der Waals surface area contributed by atoms with Crippen LogP contribution in [0.2, 0.25) is 0 Å². The van der Waals surface area contributed by atoms with Gasteiger partial charge in [0.25, 0.3) is 0 Å². The van der Waals surface area contributed by atoms with Crippen molar-refractivity contribution in [3.05, 3.63) is 218 Å². The molecule has 0 spiro atoms. The molecule has 12 aromatic rings. The van der Waals surface area contributed by atoms with Crippen molar-refractivity contribution in [1.29, 1.82) is 0 Å². The average Bonchev–Trinajstić information content (AvgIpc) is 3.90. The smallest absolute Gasteiger partial charge is 0.164 e. The lowest BCUT2D eigenvalue weighted by molar-refractivity contribution is 0.670. The van der Waals surface area contributed by atoms with Gasteiger partial charge in [-0.05, 0) is 76.3 Å². The van der Waals surface area contributed by atoms with E-state index in [-0.39, 0.29) is 0 Å². The highest BCUT2D eigenvalue weighted by molar-refractivity contribution is 6.13. The maximum atomic E-state index is 6.53. The van der Waals surface area contributed by atoms with Gasteiger partial charge in [-0.15, -0.1) is 0 Å². The number of hydrogen-bond acceptors (Lipinski definition) is 4. The molecule has 62 heavy (non-hydrogen) atoms. The van der Waals surface area contributed by atoms with E-state index in [1.807, 2.05) is 48.5 Å². The Bertz CT molecular complexity index is 3630. The molecule has 0 aliphatic carbocycles. The van der Waals surface area contributed by atoms with Gasteiger partial charge in [0, 0.05) is 49.5 Å². The summed E-state index contributed by atoms with van der Waals surface area (Å²) in [6.45, 7) is 0. The van der Waals surface area contributed by atoms with Crippen LogP contribution < -0.4 is 0 Å². The van der Waals surface area contributed by atoms with Crippen LogP contribution in [0.15, 0.2) is 223 Å². The van der Waals surface area contributed by atoms with E-state index in [0.29, 0.717) is 17.5 Å². The van der Waals surface area contributed by atoms with Gasteiger partial charge in [-0.25, -0.2) is 15.0 Å². The van der Waals surface area contributed by atoms with E-state index in [4.69, 9.17) is 19.4 Å². The number of rotatable bonds is 7. The minimum absolute atomic E-state index is 0.608. The van der Waals surface area contributed by atoms with Gasteiger partial charge in [0.05, 0.1) is 11.0 Å². The van der Waals surface area contributed by atoms with Crippen molar-refractivity contribution >= 4 is 43.7 Å². The second-order valence-electron chi connectivity index (χ2n) is 15.6. The molecule has 0 saturated carbocycles. The Labute approximate surface area is 357 Å². The number of para-hydroxylation sites is 2. The highest BCUT2D eigenvalue weighted by Gasteiger charge is 2.19. The van der Waals surface area contributed by atoms with Gasteiger partial charge in [0.2, 0.25) is 0 Å². The second-order valence-corrected chi connectivity index (χ2v) is 15.6. The number of benzene rings is 9. The summed E-state index contributed by atoms with van der Waals surface area (Å²) in [6.07, 6.45) is 0. The normalized spacial score (nSPS) is 11.5. The number of furan rings is 1. The summed E-state index contributed by atoms with van der Waals surface area (Å²) in [6, 6.07) is 76.4. The first-order valence-electron chi connectivity index (χ1n) is 20.8. The first-order valence-corrected chi connectivity index (χ1v) is 20.8. The van der Waals surface area contributed by atoms with E-state index >= 15 is 0 Å². The number of hydrogen-bond donors (Lipinski definition) is 0. The lowest BCUT2D eigenvalue weighted by Crippen LogP contribution is -2.01. The maximum Gasteiger partial charge on any atom is 0.164 e. The highest BCUT2D eigenvalue weighted by atomic mass is 16.3. The van der Waals surface area contributed by atoms with Crippen LogP contribution in [0.5, 0.6) is 0 Å². The summed E-state index contributed by atoms with van der Waals surface area (Å²) >= 11 is 0. The van der Waals surface area contributed by atoms with Crippen LogP contribution >= 0.6 is 0 Å². The molecule has 5 heteroatoms. The standard InChI is InChI=1S/C57H36N4O/c1-4-16-37(17-5-1)40-22-14-23-42(32-40)56-58-55(39-20-8-3-9-21-39)59-57(60-56)43-24-15-25-45(33-43)61-51-28-12-10-26-46(51)47-31-30-41(36-52(47)61)44-34-49(38-18-6-2-7-19-38)54-50(35-44)48-27-11-13-29-53(48)62-54/h1-36H. The molecule has 0 radical (unpaired) electrons. The molecule has 0 saturated heterocycles. The first kappa shape index (κ1) is 35.5. The third-order valence-corrected chi connectivity index (χ3v) is 11.8. The lowest BCUT2D eigenvalue weighted by Gasteiger charge is -2.13. The summed E-state index contributed by atoms with van der Waals surface area (Å²) in [5.41, 5.74) is 14.5. The predicted octanol–water partition coefficient (Wildman–Crippen LogP) is 14.9. The Balaban J connectivity index is 1.03. The zero-order chi connectivity index (χ0) is 41.0. The SMILES string of the molecule is c1ccc(-c2cccc(-c3nc(-c4ccccc4)nc(-c4cccc(-n5c6ccccc6c6ccc(-c7cc(-c8ccccc8)c8oc9ccccc9c8c7)cc65)c4)n3)c2)cc1. The molecule has 0 amide bonds. The Morgan fingerprint density at radius 1 is 0.306 bits per heavy atom. The fourth-order valence-corrected chi connectivity index (χ4v) is 8.86. The van der Waals surface area contributed by atoms with Crippen molar-refractivity contribution in [1.82, 2.24) is 19.5 Å². The Hall–Kier alpha value is -8.41. The monoisotopic (exact) mass is 792 g/mol. The van der Waals surface area contributed by atoms with Crippen molar-refractivity contribution < 1.29 is 4.42 Å². The molecule has 0 N–H and O–H groups in total. The largest absolute Gasteiger partial charge is 0.455 e. The topological polar surface area (TPSA) is 56.7 Å². The van der Waals surface area contributed by atoms with E-state index in [0.717, 1.165) is 88.7 Å². The quantitative estimate of drug-likeness (QED) is 0.161. The number of aromatic nitrogens is 4. The van der Waals surface area contributed by atoms with Crippen LogP contribution in [0.4, 0.5) is 0 Å². The molecule has 12 rings (SSSR count). The van der Waals surface area contributed by atoms with Gasteiger partial charge in [-0.1, -0.05) is 170 Å². The molecule has 0 fully saturated rings. The third kappa shape index (κ3) is 6.14. The molecule has 0 aliphatic rings. The van der Waals surface area contributed by atoms with E-state index in [1.165, 1.54) is 10.8 Å². The minimum Gasteiger partial charge on any atom is -0.455 e. The van der Waals surface area contributed by atoms with Crippen molar-refractivity contribution in [3.8, 4) is 73.2 Å². The van der Waals surface area contributed by atoms with E-state index < -0.39 is 0 Å². The molecule has 0 unspecified atom stereocenters. The molecule has 290 valence electrons. The van der Waals surface area contributed by atoms with Gasteiger partial charge in [-0.3, -0.25) is 0 Å². The zero-order valence-corrected chi connectivity index (χ0v) is 33.5. The van der Waals surface area contributed by atoms with Crippen LogP contribution in [0, 0.1) is 0 Å². The fraction of sp³-hybridized carbons (Fsp3) is 0. The van der Waals surface area contributed by atoms with Crippen LogP contribution in [0.25, 0.3) is 117 Å². The average molecular weight is 793 g/mol. The molecule has 0 atom stereocenters. The summed E-state index contributed by atoms with van der Waals surface area (Å²) in [5, 5.41) is 4.57. The van der Waals surface area contributed by atoms with Crippen molar-refractivity contribution in [3.63, 3.8) is 0 Å². The molecular formula is C57H36N4O. The Kier molecular flexibility index (Phi) is 8.42. The van der Waals surface area contributed by atoms with Crippen molar-refractivity contribution in [2.24, 2.45) is 0 Å². The van der Waals surface area contributed by atoms with Crippen LogP contribution in [0.3, 0.4) is 0 Å². The van der Waals surface area contributed by atoms with E-state index in [2.05, 4.69) is 174 Å². The molecule has 9 aromatic carbocycles. The van der Waals surface area contributed by atoms with Crippen molar-refractivity contribution in [2.75, 3.05) is 0 Å². The number of nitrogens with zero attached hydrogens (tertiary/aromatic N) is 4. The second kappa shape index (κ2) is 14.7. The van der Waals surface area contributed by atoms with Gasteiger partial charge in [-0.2, -0.15) is 0 Å². The first-order chi connectivity index (χ1) is 30.7. The third-order valence-electron chi connectivity index (χ3n) is 11.8. The minimum atomic E-state index is 0.608. The van der Waals surface area contributed by atoms with E-state index in [1.54, 1.807) is 0 Å². The molecule has 0 bridgehead atoms. The molecule has 0 aliphatic heterocycles.